The number of piperidine rings is 1. The second-order valence-electron chi connectivity index (χ2n) is 6.13. The van der Waals surface area contributed by atoms with Crippen LogP contribution in [0.4, 0.5) is 0 Å². The quantitative estimate of drug-likeness (QED) is 0.787. The van der Waals surface area contributed by atoms with Crippen LogP contribution >= 0.6 is 0 Å². The second kappa shape index (κ2) is 6.08. The number of para-hydroxylation sites is 1. The number of furan rings is 1. The highest BCUT2D eigenvalue weighted by Gasteiger charge is 2.28. The van der Waals surface area contributed by atoms with Crippen LogP contribution in [0, 0.1) is 0 Å². The van der Waals surface area contributed by atoms with Crippen LogP contribution in [0.2, 0.25) is 0 Å². The molecule has 0 radical (unpaired) electrons. The van der Waals surface area contributed by atoms with E-state index in [1.165, 1.54) is 12.3 Å². The maximum absolute atomic E-state index is 12.8. The van der Waals surface area contributed by atoms with Gasteiger partial charge in [0.15, 0.2) is 0 Å². The molecule has 0 aliphatic carbocycles. The minimum absolute atomic E-state index is 0.0465. The van der Waals surface area contributed by atoms with E-state index in [0.717, 1.165) is 5.39 Å². The summed E-state index contributed by atoms with van der Waals surface area (Å²) in [4.78, 5) is 25.4. The molecular formula is C18H16N2O5. The third-order valence-corrected chi connectivity index (χ3v) is 4.65. The standard InChI is InChI=1S/C18H16N2O5/c21-17(13-10-24-15-4-2-1-3-12(13)15)20-7-5-11(6-8-20)14-9-16(18(22)23)25-19-14/h1-4,9-11H,5-8H2,(H,22,23). The van der Waals surface area contributed by atoms with Crippen LogP contribution in [0.5, 0.6) is 0 Å². The van der Waals surface area contributed by atoms with E-state index < -0.39 is 5.97 Å². The predicted molar refractivity (Wildman–Crippen MR) is 87.6 cm³/mol. The molecule has 1 aliphatic rings. The van der Waals surface area contributed by atoms with Gasteiger partial charge in [0.05, 0.1) is 11.3 Å². The number of hydrogen-bond donors (Lipinski definition) is 1. The molecule has 4 rings (SSSR count). The third-order valence-electron chi connectivity index (χ3n) is 4.65. The number of nitrogens with zero attached hydrogens (tertiary/aromatic N) is 2. The first-order valence-electron chi connectivity index (χ1n) is 8.09. The first-order chi connectivity index (χ1) is 12.1. The van der Waals surface area contributed by atoms with Gasteiger partial charge in [0, 0.05) is 30.5 Å². The van der Waals surface area contributed by atoms with E-state index in [1.807, 2.05) is 24.3 Å². The van der Waals surface area contributed by atoms with E-state index in [4.69, 9.17) is 14.0 Å². The normalized spacial score (nSPS) is 15.6. The van der Waals surface area contributed by atoms with Gasteiger partial charge in [-0.25, -0.2) is 4.79 Å². The maximum Gasteiger partial charge on any atom is 0.374 e. The Morgan fingerprint density at radius 2 is 1.96 bits per heavy atom. The minimum atomic E-state index is -1.13. The van der Waals surface area contributed by atoms with Crippen molar-refractivity contribution in [3.63, 3.8) is 0 Å². The number of hydrogen-bond acceptors (Lipinski definition) is 5. The number of amides is 1. The van der Waals surface area contributed by atoms with Crippen molar-refractivity contribution in [2.75, 3.05) is 13.1 Å². The molecule has 7 heteroatoms. The number of likely N-dealkylation sites (tertiary alicyclic amines) is 1. The molecule has 0 bridgehead atoms. The summed E-state index contributed by atoms with van der Waals surface area (Å²) in [5, 5.41) is 13.6. The van der Waals surface area contributed by atoms with Gasteiger partial charge >= 0.3 is 5.97 Å². The summed E-state index contributed by atoms with van der Waals surface area (Å²) in [6, 6.07) is 8.93. The molecule has 0 atom stereocenters. The predicted octanol–water partition coefficient (Wildman–Crippen LogP) is 3.14. The highest BCUT2D eigenvalue weighted by atomic mass is 16.5. The summed E-state index contributed by atoms with van der Waals surface area (Å²) in [6.07, 6.45) is 2.94. The average molecular weight is 340 g/mol. The number of carboxylic acids is 1. The van der Waals surface area contributed by atoms with Crippen molar-refractivity contribution in [1.29, 1.82) is 0 Å². The van der Waals surface area contributed by atoms with Gasteiger partial charge in [0.25, 0.3) is 5.91 Å². The smallest absolute Gasteiger partial charge is 0.374 e. The van der Waals surface area contributed by atoms with E-state index in [1.54, 1.807) is 4.90 Å². The molecule has 0 unspecified atom stereocenters. The van der Waals surface area contributed by atoms with Gasteiger partial charge in [-0.05, 0) is 18.9 Å². The van der Waals surface area contributed by atoms with E-state index in [0.29, 0.717) is 42.8 Å². The maximum atomic E-state index is 12.8. The van der Waals surface area contributed by atoms with Crippen LogP contribution in [0.3, 0.4) is 0 Å². The molecule has 1 fully saturated rings. The number of fused-ring (bicyclic) bond motifs is 1. The molecule has 128 valence electrons. The Balaban J connectivity index is 1.46. The summed E-state index contributed by atoms with van der Waals surface area (Å²) >= 11 is 0. The Labute approximate surface area is 142 Å². The lowest BCUT2D eigenvalue weighted by Crippen LogP contribution is -2.37. The summed E-state index contributed by atoms with van der Waals surface area (Å²) in [6.45, 7) is 1.16. The highest BCUT2D eigenvalue weighted by Crippen LogP contribution is 2.29. The van der Waals surface area contributed by atoms with Gasteiger partial charge in [0.1, 0.15) is 11.8 Å². The summed E-state index contributed by atoms with van der Waals surface area (Å²) in [5.74, 6) is -1.23. The van der Waals surface area contributed by atoms with Gasteiger partial charge in [-0.2, -0.15) is 0 Å². The Morgan fingerprint density at radius 3 is 2.68 bits per heavy atom. The highest BCUT2D eigenvalue weighted by molar-refractivity contribution is 6.05. The van der Waals surface area contributed by atoms with Crippen molar-refractivity contribution in [3.05, 3.63) is 53.6 Å². The molecule has 3 aromatic rings. The Morgan fingerprint density at radius 1 is 1.20 bits per heavy atom. The molecular weight excluding hydrogens is 324 g/mol. The van der Waals surface area contributed by atoms with Gasteiger partial charge in [-0.15, -0.1) is 0 Å². The molecule has 25 heavy (non-hydrogen) atoms. The minimum Gasteiger partial charge on any atom is -0.475 e. The number of carbonyl (C=O) groups is 2. The number of benzene rings is 1. The van der Waals surface area contributed by atoms with Crippen molar-refractivity contribution in [2.24, 2.45) is 0 Å². The van der Waals surface area contributed by atoms with Gasteiger partial charge < -0.3 is 18.9 Å². The Hall–Kier alpha value is -3.09. The Kier molecular flexibility index (Phi) is 3.76. The molecule has 1 saturated heterocycles. The van der Waals surface area contributed by atoms with Crippen molar-refractivity contribution >= 4 is 22.8 Å². The number of carbonyl (C=O) groups excluding carboxylic acids is 1. The first-order valence-corrected chi connectivity index (χ1v) is 8.09. The lowest BCUT2D eigenvalue weighted by atomic mass is 9.93. The van der Waals surface area contributed by atoms with Crippen LogP contribution in [0.1, 0.15) is 45.4 Å². The molecule has 2 aromatic heterocycles. The van der Waals surface area contributed by atoms with E-state index in [9.17, 15) is 9.59 Å². The monoisotopic (exact) mass is 340 g/mol. The van der Waals surface area contributed by atoms with Crippen LogP contribution in [0.15, 0.2) is 45.5 Å². The molecule has 3 heterocycles. The number of carboxylic acid groups (broad SMARTS) is 1. The van der Waals surface area contributed by atoms with Gasteiger partial charge in [-0.1, -0.05) is 23.4 Å². The van der Waals surface area contributed by atoms with Crippen LogP contribution < -0.4 is 0 Å². The first kappa shape index (κ1) is 15.4. The van der Waals surface area contributed by atoms with Crippen molar-refractivity contribution in [3.8, 4) is 0 Å². The summed E-state index contributed by atoms with van der Waals surface area (Å²) < 4.78 is 10.3. The molecule has 0 saturated carbocycles. The topological polar surface area (TPSA) is 96.8 Å². The summed E-state index contributed by atoms with van der Waals surface area (Å²) in [5.41, 5.74) is 1.91. The fourth-order valence-corrected chi connectivity index (χ4v) is 3.27. The number of aromatic nitrogens is 1. The summed E-state index contributed by atoms with van der Waals surface area (Å²) in [7, 11) is 0. The van der Waals surface area contributed by atoms with Crippen LogP contribution in [0.25, 0.3) is 11.0 Å². The van der Waals surface area contributed by atoms with Gasteiger partial charge in [-0.3, -0.25) is 4.79 Å². The van der Waals surface area contributed by atoms with Crippen molar-refractivity contribution in [1.82, 2.24) is 10.1 Å². The lowest BCUT2D eigenvalue weighted by molar-refractivity contribution is 0.0649. The Bertz CT molecular complexity index is 934. The van der Waals surface area contributed by atoms with E-state index >= 15 is 0 Å². The zero-order valence-electron chi connectivity index (χ0n) is 13.3. The second-order valence-corrected chi connectivity index (χ2v) is 6.13. The fourth-order valence-electron chi connectivity index (χ4n) is 3.27. The largest absolute Gasteiger partial charge is 0.475 e. The average Bonchev–Trinajstić information content (AvgIpc) is 3.29. The zero-order chi connectivity index (χ0) is 17.4. The fraction of sp³-hybridized carbons (Fsp3) is 0.278. The number of aromatic carboxylic acids is 1. The van der Waals surface area contributed by atoms with Crippen molar-refractivity contribution < 1.29 is 23.6 Å². The SMILES string of the molecule is O=C(O)c1cc(C2CCN(C(=O)c3coc4ccccc34)CC2)no1. The van der Waals surface area contributed by atoms with Crippen LogP contribution in [-0.4, -0.2) is 40.1 Å². The van der Waals surface area contributed by atoms with Gasteiger partial charge in [0.2, 0.25) is 5.76 Å². The van der Waals surface area contributed by atoms with Crippen LogP contribution in [-0.2, 0) is 0 Å². The van der Waals surface area contributed by atoms with E-state index in [-0.39, 0.29) is 17.6 Å². The third kappa shape index (κ3) is 2.77. The molecule has 1 aromatic carbocycles. The zero-order valence-corrected chi connectivity index (χ0v) is 13.3. The van der Waals surface area contributed by atoms with Crippen molar-refractivity contribution in [2.45, 2.75) is 18.8 Å². The number of rotatable bonds is 3. The molecule has 7 nitrogen and oxygen atoms in total. The molecule has 1 amide bonds. The lowest BCUT2D eigenvalue weighted by Gasteiger charge is -2.30. The molecule has 0 spiro atoms. The molecule has 1 aliphatic heterocycles. The molecule has 1 N–H and O–H groups in total. The van der Waals surface area contributed by atoms with E-state index in [2.05, 4.69) is 5.16 Å².